The van der Waals surface area contributed by atoms with Crippen molar-refractivity contribution in [1.29, 1.82) is 0 Å². The molecule has 1 unspecified atom stereocenters. The highest BCUT2D eigenvalue weighted by atomic mass is 32.2. The monoisotopic (exact) mass is 335 g/mol. The number of carboxylic acids is 1. The quantitative estimate of drug-likeness (QED) is 0.552. The maximum absolute atomic E-state index is 11.6. The molecule has 0 heterocycles. The lowest BCUT2D eigenvalue weighted by atomic mass is 9.97. The van der Waals surface area contributed by atoms with Gasteiger partial charge in [-0.05, 0) is 39.5 Å². The highest BCUT2D eigenvalue weighted by Gasteiger charge is 2.27. The van der Waals surface area contributed by atoms with Crippen molar-refractivity contribution in [2.24, 2.45) is 5.41 Å². The number of amides is 1. The molecule has 0 spiro atoms. The minimum absolute atomic E-state index is 0.523. The highest BCUT2D eigenvalue weighted by Crippen LogP contribution is 2.19. The van der Waals surface area contributed by atoms with Crippen LogP contribution in [-0.2, 0) is 23.9 Å². The summed E-state index contributed by atoms with van der Waals surface area (Å²) in [5.41, 5.74) is -0.724. The van der Waals surface area contributed by atoms with E-state index in [4.69, 9.17) is 14.6 Å². The summed E-state index contributed by atoms with van der Waals surface area (Å²) < 4.78 is 9.78. The number of hydrogen-bond donors (Lipinski definition) is 2. The van der Waals surface area contributed by atoms with Gasteiger partial charge in [0.15, 0.2) is 0 Å². The average Bonchev–Trinajstić information content (AvgIpc) is 2.33. The third kappa shape index (κ3) is 8.50. The Balaban J connectivity index is 4.24. The first-order valence-corrected chi connectivity index (χ1v) is 7.39. The van der Waals surface area contributed by atoms with Crippen molar-refractivity contribution in [3.05, 3.63) is 0 Å². The lowest BCUT2D eigenvalue weighted by Crippen LogP contribution is -2.35. The van der Waals surface area contributed by atoms with Gasteiger partial charge in [-0.15, -0.1) is 0 Å². The Kier molecular flexibility index (Phi) is 7.93. The molecule has 0 aliphatic heterocycles. The van der Waals surface area contributed by atoms with Crippen LogP contribution in [0.15, 0.2) is 0 Å². The Labute approximate surface area is 132 Å². The standard InChI is InChI=1S/C13H21NO7S/c1-7(10(17)14-6-9(15)16)22-12(19)21-8(2)20-11(18)13(3,4)5/h7-8H,6H2,1-5H3,(H,14,17)(H,15,16)/t7?,8-/m0/s1. The number of aliphatic carboxylic acids is 1. The van der Waals surface area contributed by atoms with E-state index in [9.17, 15) is 19.2 Å². The van der Waals surface area contributed by atoms with Gasteiger partial charge < -0.3 is 19.9 Å². The number of rotatable bonds is 6. The Morgan fingerprint density at radius 1 is 1.14 bits per heavy atom. The molecule has 0 aromatic carbocycles. The van der Waals surface area contributed by atoms with Crippen LogP contribution >= 0.6 is 11.8 Å². The average molecular weight is 335 g/mol. The minimum atomic E-state index is -1.18. The number of nitrogens with one attached hydrogen (secondary N) is 1. The molecule has 22 heavy (non-hydrogen) atoms. The molecule has 8 nitrogen and oxygen atoms in total. The molecule has 2 N–H and O–H groups in total. The number of carbonyl (C=O) groups is 4. The summed E-state index contributed by atoms with van der Waals surface area (Å²) in [6, 6.07) is 0. The van der Waals surface area contributed by atoms with Gasteiger partial charge in [0, 0.05) is 6.92 Å². The molecular formula is C13H21NO7S. The predicted molar refractivity (Wildman–Crippen MR) is 79.2 cm³/mol. The molecule has 0 bridgehead atoms. The van der Waals surface area contributed by atoms with Gasteiger partial charge >= 0.3 is 17.2 Å². The second-order valence-corrected chi connectivity index (χ2v) is 6.74. The van der Waals surface area contributed by atoms with Gasteiger partial charge in [0.2, 0.25) is 12.2 Å². The maximum Gasteiger partial charge on any atom is 0.371 e. The van der Waals surface area contributed by atoms with Crippen molar-refractivity contribution >= 4 is 34.9 Å². The summed E-state index contributed by atoms with van der Waals surface area (Å²) in [6.45, 7) is 7.26. The highest BCUT2D eigenvalue weighted by molar-refractivity contribution is 8.14. The number of hydrogen-bond acceptors (Lipinski definition) is 7. The van der Waals surface area contributed by atoms with Crippen LogP contribution < -0.4 is 5.32 Å². The first kappa shape index (κ1) is 20.2. The molecule has 0 aliphatic rings. The number of esters is 1. The molecule has 1 amide bonds. The van der Waals surface area contributed by atoms with Crippen LogP contribution in [0, 0.1) is 5.41 Å². The Morgan fingerprint density at radius 3 is 2.14 bits per heavy atom. The van der Waals surface area contributed by atoms with Gasteiger partial charge in [-0.2, -0.15) is 0 Å². The summed E-state index contributed by atoms with van der Waals surface area (Å²) >= 11 is 0.565. The SMILES string of the molecule is CC(SC(=O)O[C@@H](C)OC(=O)C(C)(C)C)C(=O)NCC(=O)O. The Hall–Kier alpha value is -1.77. The lowest BCUT2D eigenvalue weighted by molar-refractivity contribution is -0.173. The Bertz CT molecular complexity index is 444. The normalized spacial score (nSPS) is 13.7. The predicted octanol–water partition coefficient (Wildman–Crippen LogP) is 1.38. The summed E-state index contributed by atoms with van der Waals surface area (Å²) in [7, 11) is 0. The van der Waals surface area contributed by atoms with Crippen molar-refractivity contribution in [3.8, 4) is 0 Å². The van der Waals surface area contributed by atoms with E-state index in [1.807, 2.05) is 0 Å². The second kappa shape index (κ2) is 8.62. The zero-order valence-corrected chi connectivity index (χ0v) is 14.0. The van der Waals surface area contributed by atoms with Crippen LogP contribution in [0.25, 0.3) is 0 Å². The first-order chi connectivity index (χ1) is 9.93. The number of ether oxygens (including phenoxy) is 2. The molecule has 2 atom stereocenters. The van der Waals surface area contributed by atoms with Crippen LogP contribution in [0.2, 0.25) is 0 Å². The molecular weight excluding hydrogens is 314 g/mol. The molecule has 0 fully saturated rings. The largest absolute Gasteiger partial charge is 0.480 e. The second-order valence-electron chi connectivity index (χ2n) is 5.46. The fourth-order valence-corrected chi connectivity index (χ4v) is 1.69. The van der Waals surface area contributed by atoms with Gasteiger partial charge in [-0.25, -0.2) is 4.79 Å². The molecule has 0 saturated heterocycles. The van der Waals surface area contributed by atoms with Gasteiger partial charge in [0.05, 0.1) is 10.7 Å². The fourth-order valence-electron chi connectivity index (χ4n) is 1.02. The Morgan fingerprint density at radius 2 is 1.68 bits per heavy atom. The molecule has 0 aliphatic carbocycles. The van der Waals surface area contributed by atoms with Crippen LogP contribution in [0.1, 0.15) is 34.6 Å². The molecule has 0 aromatic rings. The van der Waals surface area contributed by atoms with Crippen LogP contribution in [-0.4, -0.2) is 46.3 Å². The van der Waals surface area contributed by atoms with E-state index in [0.717, 1.165) is 0 Å². The molecule has 0 rings (SSSR count). The van der Waals surface area contributed by atoms with Crippen molar-refractivity contribution < 1.29 is 33.8 Å². The number of carboxylic acid groups (broad SMARTS) is 1. The topological polar surface area (TPSA) is 119 Å². The number of thioether (sulfide) groups is 1. The third-order valence-electron chi connectivity index (χ3n) is 2.20. The lowest BCUT2D eigenvalue weighted by Gasteiger charge is -2.21. The number of carbonyl (C=O) groups excluding carboxylic acids is 3. The van der Waals surface area contributed by atoms with E-state index < -0.39 is 46.6 Å². The van der Waals surface area contributed by atoms with E-state index in [1.165, 1.54) is 13.8 Å². The van der Waals surface area contributed by atoms with E-state index in [-0.39, 0.29) is 0 Å². The van der Waals surface area contributed by atoms with E-state index in [0.29, 0.717) is 11.8 Å². The first-order valence-electron chi connectivity index (χ1n) is 6.51. The van der Waals surface area contributed by atoms with Crippen LogP contribution in [0.3, 0.4) is 0 Å². The van der Waals surface area contributed by atoms with Crippen molar-refractivity contribution in [2.45, 2.75) is 46.2 Å². The van der Waals surface area contributed by atoms with Gasteiger partial charge in [-0.3, -0.25) is 14.4 Å². The van der Waals surface area contributed by atoms with Gasteiger partial charge in [-0.1, -0.05) is 0 Å². The van der Waals surface area contributed by atoms with Gasteiger partial charge in [0.1, 0.15) is 6.54 Å². The third-order valence-corrected chi connectivity index (χ3v) is 3.06. The van der Waals surface area contributed by atoms with Crippen LogP contribution in [0.5, 0.6) is 0 Å². The van der Waals surface area contributed by atoms with E-state index in [2.05, 4.69) is 5.32 Å². The molecule has 0 radical (unpaired) electrons. The zero-order chi connectivity index (χ0) is 17.5. The van der Waals surface area contributed by atoms with Crippen molar-refractivity contribution in [2.75, 3.05) is 6.54 Å². The molecule has 9 heteroatoms. The minimum Gasteiger partial charge on any atom is -0.480 e. The smallest absolute Gasteiger partial charge is 0.371 e. The van der Waals surface area contributed by atoms with Gasteiger partial charge in [0.25, 0.3) is 0 Å². The van der Waals surface area contributed by atoms with Crippen LogP contribution in [0.4, 0.5) is 4.79 Å². The van der Waals surface area contributed by atoms with Crippen molar-refractivity contribution in [1.82, 2.24) is 5.32 Å². The summed E-state index contributed by atoms with van der Waals surface area (Å²) in [4.78, 5) is 45.0. The van der Waals surface area contributed by atoms with E-state index in [1.54, 1.807) is 20.8 Å². The summed E-state index contributed by atoms with van der Waals surface area (Å²) in [6.07, 6.45) is -1.08. The zero-order valence-electron chi connectivity index (χ0n) is 13.2. The molecule has 0 aromatic heterocycles. The molecule has 0 saturated carbocycles. The summed E-state index contributed by atoms with van der Waals surface area (Å²) in [5.74, 6) is -2.32. The summed E-state index contributed by atoms with van der Waals surface area (Å²) in [5, 5.41) is 8.94. The maximum atomic E-state index is 11.6. The fraction of sp³-hybridized carbons (Fsp3) is 0.692. The van der Waals surface area contributed by atoms with E-state index >= 15 is 0 Å². The van der Waals surface area contributed by atoms with Crippen molar-refractivity contribution in [3.63, 3.8) is 0 Å². The molecule has 126 valence electrons.